The van der Waals surface area contributed by atoms with Crippen LogP contribution >= 0.6 is 11.8 Å². The van der Waals surface area contributed by atoms with Gasteiger partial charge in [0.25, 0.3) is 0 Å². The second-order valence-electron chi connectivity index (χ2n) is 2.47. The molecule has 0 spiro atoms. The maximum atomic E-state index is 3.90. The van der Waals surface area contributed by atoms with Crippen LogP contribution in [0.25, 0.3) is 0 Å². The van der Waals surface area contributed by atoms with Gasteiger partial charge in [0.15, 0.2) is 0 Å². The first-order valence-electron chi connectivity index (χ1n) is 4.16. The van der Waals surface area contributed by atoms with Crippen LogP contribution in [0.3, 0.4) is 0 Å². The molecule has 1 heteroatoms. The van der Waals surface area contributed by atoms with Crippen molar-refractivity contribution < 1.29 is 0 Å². The van der Waals surface area contributed by atoms with Crippen molar-refractivity contribution in [2.75, 3.05) is 0 Å². The first-order chi connectivity index (χ1) is 6.20. The van der Waals surface area contributed by atoms with Crippen LogP contribution < -0.4 is 0 Å². The van der Waals surface area contributed by atoms with Gasteiger partial charge in [0, 0.05) is 4.91 Å². The summed E-state index contributed by atoms with van der Waals surface area (Å²) in [5.74, 6) is 0. The highest BCUT2D eigenvalue weighted by molar-refractivity contribution is 8.06. The minimum absolute atomic E-state index is 1.03. The van der Waals surface area contributed by atoms with E-state index in [0.717, 1.165) is 4.91 Å². The maximum absolute atomic E-state index is 3.90. The highest BCUT2D eigenvalue weighted by atomic mass is 32.2. The predicted molar refractivity (Wildman–Crippen MR) is 64.6 cm³/mol. The largest absolute Gasteiger partial charge is 0.0991 e. The predicted octanol–water partition coefficient (Wildman–Crippen LogP) is 4.46. The van der Waals surface area contributed by atoms with Gasteiger partial charge in [-0.15, -0.1) is 0 Å². The van der Waals surface area contributed by atoms with Gasteiger partial charge >= 0.3 is 0 Å². The molecule has 0 N–H and O–H groups in total. The molecule has 13 heavy (non-hydrogen) atoms. The van der Waals surface area contributed by atoms with Crippen LogP contribution in [0.1, 0.15) is 13.8 Å². The summed E-state index contributed by atoms with van der Waals surface area (Å²) in [7, 11) is 0. The summed E-state index contributed by atoms with van der Waals surface area (Å²) in [5, 5.41) is 0. The van der Waals surface area contributed by atoms with Gasteiger partial charge in [0.1, 0.15) is 0 Å². The van der Waals surface area contributed by atoms with Crippen LogP contribution in [0, 0.1) is 0 Å². The highest BCUT2D eigenvalue weighted by Crippen LogP contribution is 2.24. The van der Waals surface area contributed by atoms with E-state index in [1.165, 1.54) is 4.91 Å². The van der Waals surface area contributed by atoms with Gasteiger partial charge in [0.05, 0.1) is 0 Å². The SMILES string of the molecule is C=C/C=C\C(=C)S/C(C)=C/C=C\C. The fourth-order valence-corrected chi connectivity index (χ4v) is 1.39. The van der Waals surface area contributed by atoms with E-state index in [1.54, 1.807) is 17.8 Å². The third-order valence-corrected chi connectivity index (χ3v) is 2.09. The second kappa shape index (κ2) is 7.69. The van der Waals surface area contributed by atoms with Crippen molar-refractivity contribution in [1.82, 2.24) is 0 Å². The van der Waals surface area contributed by atoms with Gasteiger partial charge in [-0.2, -0.15) is 0 Å². The Bertz CT molecular complexity index is 254. The summed E-state index contributed by atoms with van der Waals surface area (Å²) in [5.41, 5.74) is 0. The fourth-order valence-electron chi connectivity index (χ4n) is 0.682. The molecule has 0 nitrogen and oxygen atoms in total. The zero-order valence-electron chi connectivity index (χ0n) is 8.29. The summed E-state index contributed by atoms with van der Waals surface area (Å²) >= 11 is 1.66. The summed E-state index contributed by atoms with van der Waals surface area (Å²) in [6.07, 6.45) is 11.7. The summed E-state index contributed by atoms with van der Waals surface area (Å²) in [4.78, 5) is 2.26. The Morgan fingerprint density at radius 3 is 2.54 bits per heavy atom. The van der Waals surface area contributed by atoms with Crippen LogP contribution in [0.2, 0.25) is 0 Å². The normalized spacial score (nSPS) is 12.6. The van der Waals surface area contributed by atoms with Crippen LogP contribution in [0.15, 0.2) is 59.4 Å². The fraction of sp³-hybridized carbons (Fsp3) is 0.167. The highest BCUT2D eigenvalue weighted by Gasteiger charge is 1.90. The second-order valence-corrected chi connectivity index (χ2v) is 3.84. The molecule has 0 aliphatic carbocycles. The monoisotopic (exact) mass is 192 g/mol. The first-order valence-corrected chi connectivity index (χ1v) is 4.97. The number of thioether (sulfide) groups is 1. The molecule has 0 unspecified atom stereocenters. The minimum atomic E-state index is 1.03. The first kappa shape index (κ1) is 12.0. The smallest absolute Gasteiger partial charge is 0.00466 e. The zero-order valence-corrected chi connectivity index (χ0v) is 9.10. The van der Waals surface area contributed by atoms with E-state index in [1.807, 2.05) is 31.2 Å². The lowest BCUT2D eigenvalue weighted by atomic mass is 10.4. The molecule has 0 amide bonds. The topological polar surface area (TPSA) is 0 Å². The molecule has 0 aromatic heterocycles. The minimum Gasteiger partial charge on any atom is -0.0991 e. The lowest BCUT2D eigenvalue weighted by Crippen LogP contribution is -1.68. The van der Waals surface area contributed by atoms with E-state index >= 15 is 0 Å². The Balaban J connectivity index is 4.05. The molecule has 0 bridgehead atoms. The lowest BCUT2D eigenvalue weighted by molar-refractivity contribution is 1.65. The van der Waals surface area contributed by atoms with Gasteiger partial charge < -0.3 is 0 Å². The van der Waals surface area contributed by atoms with Crippen LogP contribution in [-0.4, -0.2) is 0 Å². The molecule has 0 fully saturated rings. The summed E-state index contributed by atoms with van der Waals surface area (Å²) in [6, 6.07) is 0. The van der Waals surface area contributed by atoms with Crippen molar-refractivity contribution >= 4 is 11.8 Å². The summed E-state index contributed by atoms with van der Waals surface area (Å²) < 4.78 is 0. The van der Waals surface area contributed by atoms with E-state index in [-0.39, 0.29) is 0 Å². The number of rotatable bonds is 5. The van der Waals surface area contributed by atoms with Crippen molar-refractivity contribution in [2.24, 2.45) is 0 Å². The van der Waals surface area contributed by atoms with Crippen molar-refractivity contribution in [3.05, 3.63) is 59.4 Å². The molecule has 0 atom stereocenters. The molecule has 0 aliphatic rings. The van der Waals surface area contributed by atoms with Crippen molar-refractivity contribution in [3.8, 4) is 0 Å². The summed E-state index contributed by atoms with van der Waals surface area (Å²) in [6.45, 7) is 11.6. The zero-order chi connectivity index (χ0) is 10.1. The maximum Gasteiger partial charge on any atom is 0.00466 e. The Morgan fingerprint density at radius 1 is 1.31 bits per heavy atom. The molecular weight excluding hydrogens is 176 g/mol. The van der Waals surface area contributed by atoms with Gasteiger partial charge in [-0.3, -0.25) is 0 Å². The molecule has 0 aromatic rings. The van der Waals surface area contributed by atoms with Crippen molar-refractivity contribution in [1.29, 1.82) is 0 Å². The molecule has 0 saturated carbocycles. The van der Waals surface area contributed by atoms with E-state index in [9.17, 15) is 0 Å². The van der Waals surface area contributed by atoms with Crippen LogP contribution in [0.5, 0.6) is 0 Å². The molecule has 0 radical (unpaired) electrons. The molecule has 0 saturated heterocycles. The van der Waals surface area contributed by atoms with Gasteiger partial charge in [-0.25, -0.2) is 0 Å². The molecule has 0 aliphatic heterocycles. The number of allylic oxidation sites excluding steroid dienone is 7. The number of hydrogen-bond acceptors (Lipinski definition) is 1. The van der Waals surface area contributed by atoms with Gasteiger partial charge in [0.2, 0.25) is 0 Å². The molecular formula is C12H16S. The van der Waals surface area contributed by atoms with Crippen LogP contribution in [0.4, 0.5) is 0 Å². The van der Waals surface area contributed by atoms with Crippen molar-refractivity contribution in [3.63, 3.8) is 0 Å². The molecule has 70 valence electrons. The van der Waals surface area contributed by atoms with E-state index in [4.69, 9.17) is 0 Å². The number of hydrogen-bond donors (Lipinski definition) is 0. The van der Waals surface area contributed by atoms with Crippen molar-refractivity contribution in [2.45, 2.75) is 13.8 Å². The quantitative estimate of drug-likeness (QED) is 0.580. The lowest BCUT2D eigenvalue weighted by Gasteiger charge is -1.98. The third-order valence-electron chi connectivity index (χ3n) is 1.23. The average molecular weight is 192 g/mol. The Hall–Kier alpha value is -0.950. The van der Waals surface area contributed by atoms with Gasteiger partial charge in [-0.1, -0.05) is 55.3 Å². The molecule has 0 heterocycles. The third kappa shape index (κ3) is 7.41. The van der Waals surface area contributed by atoms with Crippen LogP contribution in [-0.2, 0) is 0 Å². The Morgan fingerprint density at radius 2 is 2.00 bits per heavy atom. The standard InChI is InChI=1S/C12H16S/c1-5-7-9-11(3)13-12(4)10-8-6-2/h5-10H,1,3H2,2,4H3/b8-6-,9-7-,12-10+. The van der Waals surface area contributed by atoms with E-state index in [0.29, 0.717) is 0 Å². The molecule has 0 rings (SSSR count). The Labute approximate surface area is 85.4 Å². The van der Waals surface area contributed by atoms with E-state index < -0.39 is 0 Å². The van der Waals surface area contributed by atoms with Gasteiger partial charge in [-0.05, 0) is 24.8 Å². The van der Waals surface area contributed by atoms with E-state index in [2.05, 4.69) is 26.2 Å². The average Bonchev–Trinajstić information content (AvgIpc) is 2.11. The Kier molecular flexibility index (Phi) is 7.12. The molecule has 0 aromatic carbocycles.